The lowest BCUT2D eigenvalue weighted by atomic mass is 9.92. The molecule has 0 amide bonds. The number of hydrogen-bond acceptors (Lipinski definition) is 3. The molecule has 0 aliphatic heterocycles. The summed E-state index contributed by atoms with van der Waals surface area (Å²) in [6.07, 6.45) is 0.467. The third-order valence-corrected chi connectivity index (χ3v) is 1.81. The maximum Gasteiger partial charge on any atom is 0.306 e. The summed E-state index contributed by atoms with van der Waals surface area (Å²) >= 11 is 0. The van der Waals surface area contributed by atoms with E-state index in [1.165, 1.54) is 0 Å². The van der Waals surface area contributed by atoms with E-state index in [9.17, 15) is 4.79 Å². The van der Waals surface area contributed by atoms with E-state index >= 15 is 0 Å². The van der Waals surface area contributed by atoms with Gasteiger partial charge in [-0.2, -0.15) is 0 Å². The minimum Gasteiger partial charge on any atom is -0.465 e. The van der Waals surface area contributed by atoms with Crippen LogP contribution < -0.4 is 0 Å². The molecule has 0 N–H and O–H groups in total. The van der Waals surface area contributed by atoms with Gasteiger partial charge in [-0.15, -0.1) is 0 Å². The summed E-state index contributed by atoms with van der Waals surface area (Å²) in [4.78, 5) is 11.4. The lowest BCUT2D eigenvalue weighted by molar-refractivity contribution is -0.147. The van der Waals surface area contributed by atoms with Crippen molar-refractivity contribution in [2.75, 3.05) is 19.8 Å². The number of esters is 1. The molecule has 90 valence electrons. The molecule has 0 bridgehead atoms. The van der Waals surface area contributed by atoms with Crippen LogP contribution in [0, 0.1) is 11.3 Å². The standard InChI is InChI=1S/C12H24O3/c1-6-14-8-10(2)9-15-11(13)7-12(3,4)5/h10H,6-9H2,1-5H3. The van der Waals surface area contributed by atoms with Gasteiger partial charge in [0.25, 0.3) is 0 Å². The lowest BCUT2D eigenvalue weighted by Crippen LogP contribution is -2.20. The SMILES string of the molecule is CCOCC(C)COC(=O)CC(C)(C)C. The molecule has 3 nitrogen and oxygen atoms in total. The Morgan fingerprint density at radius 2 is 1.87 bits per heavy atom. The zero-order valence-corrected chi connectivity index (χ0v) is 10.6. The molecule has 0 fully saturated rings. The van der Waals surface area contributed by atoms with E-state index in [0.717, 1.165) is 0 Å². The highest BCUT2D eigenvalue weighted by molar-refractivity contribution is 5.70. The van der Waals surface area contributed by atoms with E-state index in [4.69, 9.17) is 9.47 Å². The largest absolute Gasteiger partial charge is 0.465 e. The molecule has 0 aromatic heterocycles. The Bertz CT molecular complexity index is 182. The molecule has 0 heterocycles. The van der Waals surface area contributed by atoms with Crippen LogP contribution in [0.4, 0.5) is 0 Å². The quantitative estimate of drug-likeness (QED) is 0.640. The van der Waals surface area contributed by atoms with Crippen LogP contribution >= 0.6 is 0 Å². The zero-order chi connectivity index (χ0) is 11.9. The van der Waals surface area contributed by atoms with Crippen LogP contribution in [0.5, 0.6) is 0 Å². The predicted octanol–water partition coefficient (Wildman–Crippen LogP) is 2.64. The molecule has 0 aliphatic carbocycles. The normalized spacial score (nSPS) is 13.7. The van der Waals surface area contributed by atoms with E-state index in [1.54, 1.807) is 0 Å². The van der Waals surface area contributed by atoms with E-state index in [1.807, 2.05) is 34.6 Å². The third kappa shape index (κ3) is 9.73. The summed E-state index contributed by atoms with van der Waals surface area (Å²) in [5.41, 5.74) is 0.000238. The second-order valence-electron chi connectivity index (χ2n) is 5.19. The molecular formula is C12H24O3. The summed E-state index contributed by atoms with van der Waals surface area (Å²) in [6.45, 7) is 11.9. The fourth-order valence-electron chi connectivity index (χ4n) is 1.09. The number of carbonyl (C=O) groups excluding carboxylic acids is 1. The number of carbonyl (C=O) groups is 1. The average molecular weight is 216 g/mol. The van der Waals surface area contributed by atoms with Crippen molar-refractivity contribution in [1.82, 2.24) is 0 Å². The Morgan fingerprint density at radius 1 is 1.27 bits per heavy atom. The predicted molar refractivity (Wildman–Crippen MR) is 60.7 cm³/mol. The van der Waals surface area contributed by atoms with Crippen LogP contribution in [0.15, 0.2) is 0 Å². The van der Waals surface area contributed by atoms with Gasteiger partial charge in [-0.3, -0.25) is 4.79 Å². The van der Waals surface area contributed by atoms with E-state index in [0.29, 0.717) is 26.2 Å². The summed E-state index contributed by atoms with van der Waals surface area (Å²) in [5, 5.41) is 0. The van der Waals surface area contributed by atoms with Gasteiger partial charge < -0.3 is 9.47 Å². The molecular weight excluding hydrogens is 192 g/mol. The van der Waals surface area contributed by atoms with Crippen LogP contribution in [0.2, 0.25) is 0 Å². The first-order valence-electron chi connectivity index (χ1n) is 5.58. The van der Waals surface area contributed by atoms with Gasteiger partial charge in [0.05, 0.1) is 19.6 Å². The third-order valence-electron chi connectivity index (χ3n) is 1.81. The molecule has 0 aromatic rings. The number of hydrogen-bond donors (Lipinski definition) is 0. The molecule has 3 heteroatoms. The smallest absolute Gasteiger partial charge is 0.306 e. The van der Waals surface area contributed by atoms with Crippen molar-refractivity contribution >= 4 is 5.97 Å². The van der Waals surface area contributed by atoms with Crippen molar-refractivity contribution in [3.8, 4) is 0 Å². The van der Waals surface area contributed by atoms with Crippen molar-refractivity contribution in [3.63, 3.8) is 0 Å². The second kappa shape index (κ2) is 6.83. The maximum absolute atomic E-state index is 11.4. The molecule has 0 saturated heterocycles. The van der Waals surface area contributed by atoms with Crippen molar-refractivity contribution in [2.24, 2.45) is 11.3 Å². The van der Waals surface area contributed by atoms with Gasteiger partial charge in [0, 0.05) is 12.5 Å². The summed E-state index contributed by atoms with van der Waals surface area (Å²) in [5.74, 6) is 0.153. The lowest BCUT2D eigenvalue weighted by Gasteiger charge is -2.18. The van der Waals surface area contributed by atoms with Gasteiger partial charge in [-0.1, -0.05) is 27.7 Å². The Morgan fingerprint density at radius 3 is 2.33 bits per heavy atom. The average Bonchev–Trinajstić information content (AvgIpc) is 2.08. The monoisotopic (exact) mass is 216 g/mol. The van der Waals surface area contributed by atoms with Crippen LogP contribution in [-0.2, 0) is 14.3 Å². The number of ether oxygens (including phenoxy) is 2. The Hall–Kier alpha value is -0.570. The highest BCUT2D eigenvalue weighted by Gasteiger charge is 2.17. The van der Waals surface area contributed by atoms with E-state index in [2.05, 4.69) is 0 Å². The topological polar surface area (TPSA) is 35.5 Å². The minimum atomic E-state index is -0.120. The first-order chi connectivity index (χ1) is 6.85. The van der Waals surface area contributed by atoms with Gasteiger partial charge in [0.1, 0.15) is 0 Å². The Balaban J connectivity index is 3.62. The molecule has 0 saturated carbocycles. The highest BCUT2D eigenvalue weighted by atomic mass is 16.5. The van der Waals surface area contributed by atoms with Crippen molar-refractivity contribution in [2.45, 2.75) is 41.0 Å². The van der Waals surface area contributed by atoms with Gasteiger partial charge in [-0.25, -0.2) is 0 Å². The van der Waals surface area contributed by atoms with Crippen molar-refractivity contribution in [3.05, 3.63) is 0 Å². The van der Waals surface area contributed by atoms with Crippen molar-refractivity contribution in [1.29, 1.82) is 0 Å². The zero-order valence-electron chi connectivity index (χ0n) is 10.6. The molecule has 0 spiro atoms. The fourth-order valence-corrected chi connectivity index (χ4v) is 1.09. The molecule has 0 aromatic carbocycles. The second-order valence-corrected chi connectivity index (χ2v) is 5.19. The number of rotatable bonds is 6. The summed E-state index contributed by atoms with van der Waals surface area (Å²) in [6, 6.07) is 0. The van der Waals surface area contributed by atoms with Crippen LogP contribution in [0.3, 0.4) is 0 Å². The molecule has 1 atom stereocenters. The summed E-state index contributed by atoms with van der Waals surface area (Å²) < 4.78 is 10.4. The van der Waals surface area contributed by atoms with Crippen LogP contribution in [0.1, 0.15) is 41.0 Å². The van der Waals surface area contributed by atoms with Gasteiger partial charge >= 0.3 is 5.97 Å². The molecule has 0 aliphatic rings. The first-order valence-corrected chi connectivity index (χ1v) is 5.58. The molecule has 0 radical (unpaired) electrons. The van der Waals surface area contributed by atoms with Gasteiger partial charge in [0.15, 0.2) is 0 Å². The van der Waals surface area contributed by atoms with Gasteiger partial charge in [-0.05, 0) is 12.3 Å². The van der Waals surface area contributed by atoms with Crippen molar-refractivity contribution < 1.29 is 14.3 Å². The molecule has 0 rings (SSSR count). The maximum atomic E-state index is 11.4. The van der Waals surface area contributed by atoms with E-state index in [-0.39, 0.29) is 17.3 Å². The fraction of sp³-hybridized carbons (Fsp3) is 0.917. The van der Waals surface area contributed by atoms with Crippen LogP contribution in [-0.4, -0.2) is 25.8 Å². The Kier molecular flexibility index (Phi) is 6.57. The minimum absolute atomic E-state index is 0.000238. The Labute approximate surface area is 93.1 Å². The van der Waals surface area contributed by atoms with Crippen LogP contribution in [0.25, 0.3) is 0 Å². The van der Waals surface area contributed by atoms with Gasteiger partial charge in [0.2, 0.25) is 0 Å². The van der Waals surface area contributed by atoms with E-state index < -0.39 is 0 Å². The first kappa shape index (κ1) is 14.4. The highest BCUT2D eigenvalue weighted by Crippen LogP contribution is 2.19. The summed E-state index contributed by atoms with van der Waals surface area (Å²) in [7, 11) is 0. The molecule has 15 heavy (non-hydrogen) atoms. The molecule has 1 unspecified atom stereocenters.